The van der Waals surface area contributed by atoms with Crippen LogP contribution in [0.5, 0.6) is 0 Å². The Morgan fingerprint density at radius 1 is 1.17 bits per heavy atom. The van der Waals surface area contributed by atoms with Crippen molar-refractivity contribution in [3.8, 4) is 0 Å². The van der Waals surface area contributed by atoms with E-state index in [0.29, 0.717) is 17.5 Å². The first-order valence-electron chi connectivity index (χ1n) is 8.52. The first-order valence-corrected chi connectivity index (χ1v) is 9.46. The molecular formula is C20H22O2S. The number of carbonyl (C=O) groups is 1. The van der Waals surface area contributed by atoms with E-state index < -0.39 is 0 Å². The van der Waals surface area contributed by atoms with Crippen molar-refractivity contribution < 1.29 is 9.90 Å². The summed E-state index contributed by atoms with van der Waals surface area (Å²) in [5, 5.41) is 13.4. The average molecular weight is 326 g/mol. The summed E-state index contributed by atoms with van der Waals surface area (Å²) in [6.07, 6.45) is 2.08. The fraction of sp³-hybridized carbons (Fsp3) is 0.450. The van der Waals surface area contributed by atoms with Crippen molar-refractivity contribution in [3.63, 3.8) is 0 Å². The third-order valence-corrected chi connectivity index (χ3v) is 7.15. The Morgan fingerprint density at radius 3 is 2.74 bits per heavy atom. The molecule has 2 nitrogen and oxygen atoms in total. The number of hydrogen-bond donors (Lipinski definition) is 1. The SMILES string of the molecule is CCC(=O)C1C(c2ccc3ccccc3c2)CC2CC(O)C1S2. The average Bonchev–Trinajstić information content (AvgIpc) is 2.88. The number of carbonyl (C=O) groups excluding carboxylic acids is 1. The quantitative estimate of drug-likeness (QED) is 0.920. The van der Waals surface area contributed by atoms with Crippen LogP contribution in [0.2, 0.25) is 0 Å². The van der Waals surface area contributed by atoms with Crippen LogP contribution in [-0.2, 0) is 4.79 Å². The summed E-state index contributed by atoms with van der Waals surface area (Å²) in [7, 11) is 0. The molecule has 0 aliphatic carbocycles. The molecule has 0 aromatic heterocycles. The highest BCUT2D eigenvalue weighted by Crippen LogP contribution is 2.53. The molecule has 1 N–H and O–H groups in total. The smallest absolute Gasteiger partial charge is 0.137 e. The number of fused-ring (bicyclic) bond motifs is 3. The maximum absolute atomic E-state index is 12.6. The van der Waals surface area contributed by atoms with E-state index in [0.717, 1.165) is 12.8 Å². The third kappa shape index (κ3) is 2.60. The van der Waals surface area contributed by atoms with Crippen LogP contribution in [0.1, 0.15) is 37.7 Å². The zero-order valence-corrected chi connectivity index (χ0v) is 14.1. The number of aliphatic hydroxyl groups excluding tert-OH is 1. The topological polar surface area (TPSA) is 37.3 Å². The van der Waals surface area contributed by atoms with Gasteiger partial charge in [-0.25, -0.2) is 0 Å². The van der Waals surface area contributed by atoms with E-state index >= 15 is 0 Å². The van der Waals surface area contributed by atoms with Crippen molar-refractivity contribution in [2.24, 2.45) is 5.92 Å². The maximum Gasteiger partial charge on any atom is 0.137 e. The molecule has 0 saturated carbocycles. The van der Waals surface area contributed by atoms with Crippen molar-refractivity contribution in [3.05, 3.63) is 48.0 Å². The van der Waals surface area contributed by atoms with Gasteiger partial charge in [-0.2, -0.15) is 11.8 Å². The molecule has 2 aliphatic heterocycles. The number of ketones is 1. The molecule has 4 rings (SSSR count). The second-order valence-corrected chi connectivity index (χ2v) is 8.30. The van der Waals surface area contributed by atoms with E-state index in [2.05, 4.69) is 42.5 Å². The van der Waals surface area contributed by atoms with E-state index in [1.54, 1.807) is 0 Å². The predicted molar refractivity (Wildman–Crippen MR) is 95.9 cm³/mol. The summed E-state index contributed by atoms with van der Waals surface area (Å²) in [4.78, 5) is 12.6. The van der Waals surface area contributed by atoms with Gasteiger partial charge in [-0.1, -0.05) is 49.4 Å². The normalized spacial score (nSPS) is 33.0. The lowest BCUT2D eigenvalue weighted by molar-refractivity contribution is -0.123. The third-order valence-electron chi connectivity index (χ3n) is 5.46. The van der Waals surface area contributed by atoms with Gasteiger partial charge in [0, 0.05) is 22.8 Å². The van der Waals surface area contributed by atoms with Gasteiger partial charge in [0.05, 0.1) is 6.10 Å². The molecule has 2 aromatic carbocycles. The molecule has 2 fully saturated rings. The minimum Gasteiger partial charge on any atom is -0.392 e. The van der Waals surface area contributed by atoms with E-state index in [9.17, 15) is 9.90 Å². The summed E-state index contributed by atoms with van der Waals surface area (Å²) < 4.78 is 0. The van der Waals surface area contributed by atoms with Crippen LogP contribution in [0.15, 0.2) is 42.5 Å². The molecule has 120 valence electrons. The number of aliphatic hydroxyl groups is 1. The van der Waals surface area contributed by atoms with Crippen molar-refractivity contribution in [2.45, 2.75) is 48.7 Å². The zero-order chi connectivity index (χ0) is 16.0. The lowest BCUT2D eigenvalue weighted by Gasteiger charge is -2.36. The second-order valence-electron chi connectivity index (χ2n) is 6.82. The first kappa shape index (κ1) is 15.2. The molecule has 2 bridgehead atoms. The minimum atomic E-state index is -0.323. The molecule has 0 spiro atoms. The molecular weight excluding hydrogens is 304 g/mol. The summed E-state index contributed by atoms with van der Waals surface area (Å²) >= 11 is 1.84. The highest BCUT2D eigenvalue weighted by molar-refractivity contribution is 8.00. The second kappa shape index (κ2) is 5.95. The fourth-order valence-electron chi connectivity index (χ4n) is 4.33. The van der Waals surface area contributed by atoms with Gasteiger partial charge in [-0.15, -0.1) is 0 Å². The zero-order valence-electron chi connectivity index (χ0n) is 13.3. The van der Waals surface area contributed by atoms with Gasteiger partial charge in [-0.05, 0) is 35.1 Å². The van der Waals surface area contributed by atoms with Gasteiger partial charge in [0.25, 0.3) is 0 Å². The number of benzene rings is 2. The Kier molecular flexibility index (Phi) is 3.94. The Labute approximate surface area is 141 Å². The lowest BCUT2D eigenvalue weighted by atomic mass is 9.78. The van der Waals surface area contributed by atoms with Crippen LogP contribution in [-0.4, -0.2) is 27.5 Å². The van der Waals surface area contributed by atoms with Gasteiger partial charge >= 0.3 is 0 Å². The predicted octanol–water partition coefficient (Wildman–Crippen LogP) is 4.16. The molecule has 3 heteroatoms. The van der Waals surface area contributed by atoms with Gasteiger partial charge in [0.15, 0.2) is 0 Å². The van der Waals surface area contributed by atoms with Crippen LogP contribution in [0.3, 0.4) is 0 Å². The standard InChI is InChI=1S/C20H22O2S/c1-2-17(21)19-16(10-15-11-18(22)20(19)23-15)14-8-7-12-5-3-4-6-13(12)9-14/h3-9,15-16,18-20,22H,2,10-11H2,1H3. The molecule has 23 heavy (non-hydrogen) atoms. The fourth-order valence-corrected chi connectivity index (χ4v) is 6.21. The number of Topliss-reactive ketones (excluding diaryl/α,β-unsaturated/α-hetero) is 1. The summed E-state index contributed by atoms with van der Waals surface area (Å²) in [6.45, 7) is 1.94. The highest BCUT2D eigenvalue weighted by Gasteiger charge is 2.50. The summed E-state index contributed by atoms with van der Waals surface area (Å²) in [5.74, 6) is 0.514. The molecule has 5 atom stereocenters. The Morgan fingerprint density at radius 2 is 1.96 bits per heavy atom. The molecule has 2 aromatic rings. The first-order chi connectivity index (χ1) is 11.2. The van der Waals surface area contributed by atoms with Crippen molar-refractivity contribution in [1.82, 2.24) is 0 Å². The maximum atomic E-state index is 12.6. The van der Waals surface area contributed by atoms with Crippen LogP contribution in [0.25, 0.3) is 10.8 Å². The molecule has 2 heterocycles. The lowest BCUT2D eigenvalue weighted by Crippen LogP contribution is -2.37. The number of thioether (sulfide) groups is 1. The van der Waals surface area contributed by atoms with E-state index in [4.69, 9.17) is 0 Å². The number of hydrogen-bond acceptors (Lipinski definition) is 3. The molecule has 5 unspecified atom stereocenters. The summed E-state index contributed by atoms with van der Waals surface area (Å²) in [5.41, 5.74) is 1.26. The molecule has 0 radical (unpaired) electrons. The largest absolute Gasteiger partial charge is 0.392 e. The Balaban J connectivity index is 1.76. The van der Waals surface area contributed by atoms with Gasteiger partial charge in [-0.3, -0.25) is 4.79 Å². The van der Waals surface area contributed by atoms with Crippen molar-refractivity contribution >= 4 is 28.3 Å². The van der Waals surface area contributed by atoms with Gasteiger partial charge < -0.3 is 5.11 Å². The molecule has 2 saturated heterocycles. The summed E-state index contributed by atoms with van der Waals surface area (Å²) in [6, 6.07) is 15.0. The monoisotopic (exact) mass is 326 g/mol. The molecule has 2 aliphatic rings. The van der Waals surface area contributed by atoms with Crippen LogP contribution >= 0.6 is 11.8 Å². The Hall–Kier alpha value is -1.32. The van der Waals surface area contributed by atoms with E-state index in [1.807, 2.05) is 18.7 Å². The minimum absolute atomic E-state index is 0.0417. The number of rotatable bonds is 3. The highest BCUT2D eigenvalue weighted by atomic mass is 32.2. The van der Waals surface area contributed by atoms with Crippen LogP contribution < -0.4 is 0 Å². The molecule has 0 amide bonds. The van der Waals surface area contributed by atoms with Gasteiger partial charge in [0.2, 0.25) is 0 Å². The van der Waals surface area contributed by atoms with Crippen LogP contribution in [0.4, 0.5) is 0 Å². The Bertz CT molecular complexity index is 741. The van der Waals surface area contributed by atoms with E-state index in [-0.39, 0.29) is 23.2 Å². The van der Waals surface area contributed by atoms with Crippen molar-refractivity contribution in [2.75, 3.05) is 0 Å². The van der Waals surface area contributed by atoms with E-state index in [1.165, 1.54) is 16.3 Å². The van der Waals surface area contributed by atoms with Gasteiger partial charge in [0.1, 0.15) is 5.78 Å². The van der Waals surface area contributed by atoms with Crippen LogP contribution in [0, 0.1) is 5.92 Å². The van der Waals surface area contributed by atoms with Crippen molar-refractivity contribution in [1.29, 1.82) is 0 Å².